The van der Waals surface area contributed by atoms with Crippen molar-refractivity contribution in [1.29, 1.82) is 0 Å². The molecule has 31 heavy (non-hydrogen) atoms. The van der Waals surface area contributed by atoms with Gasteiger partial charge in [-0.3, -0.25) is 9.59 Å². The van der Waals surface area contributed by atoms with E-state index in [0.29, 0.717) is 22.2 Å². The van der Waals surface area contributed by atoms with Crippen LogP contribution in [0, 0.1) is 6.92 Å². The van der Waals surface area contributed by atoms with Crippen LogP contribution in [0.15, 0.2) is 64.0 Å². The third kappa shape index (κ3) is 4.72. The van der Waals surface area contributed by atoms with Gasteiger partial charge in [0.2, 0.25) is 0 Å². The minimum atomic E-state index is -0.248. The van der Waals surface area contributed by atoms with Gasteiger partial charge in [0.15, 0.2) is 0 Å². The zero-order valence-electron chi connectivity index (χ0n) is 18.5. The van der Waals surface area contributed by atoms with Crippen LogP contribution in [0.5, 0.6) is 0 Å². The average Bonchev–Trinajstić information content (AvgIpc) is 3.00. The lowest BCUT2D eigenvalue weighted by atomic mass is 9.95. The number of benzene rings is 2. The molecule has 1 heterocycles. The smallest absolute Gasteiger partial charge is 0.282 e. The largest absolute Gasteiger partial charge is 0.377 e. The Hall–Kier alpha value is -2.53. The Kier molecular flexibility index (Phi) is 6.51. The van der Waals surface area contributed by atoms with Gasteiger partial charge in [-0.2, -0.15) is 0 Å². The predicted octanol–water partition coefficient (Wildman–Crippen LogP) is 5.92. The fourth-order valence-corrected chi connectivity index (χ4v) is 5.08. The molecule has 5 heteroatoms. The molecule has 2 aromatic carbocycles. The van der Waals surface area contributed by atoms with Crippen LogP contribution in [0.2, 0.25) is 0 Å². The lowest BCUT2D eigenvalue weighted by Gasteiger charge is -2.24. The van der Waals surface area contributed by atoms with E-state index in [0.717, 1.165) is 30.6 Å². The van der Waals surface area contributed by atoms with Gasteiger partial charge < -0.3 is 5.32 Å². The lowest BCUT2D eigenvalue weighted by molar-refractivity contribution is -0.120. The van der Waals surface area contributed by atoms with E-state index in [9.17, 15) is 9.59 Å². The minimum absolute atomic E-state index is 0.244. The summed E-state index contributed by atoms with van der Waals surface area (Å²) in [5, 5.41) is 3.46. The number of carbonyl (C=O) groups is 2. The van der Waals surface area contributed by atoms with E-state index < -0.39 is 0 Å². The fraction of sp³-hybridized carbons (Fsp3) is 0.385. The molecule has 1 N–H and O–H groups in total. The van der Waals surface area contributed by atoms with Crippen molar-refractivity contribution in [2.45, 2.75) is 69.7 Å². The second-order valence-electron chi connectivity index (χ2n) is 8.79. The molecule has 2 amide bonds. The van der Waals surface area contributed by atoms with E-state index in [1.807, 2.05) is 55.5 Å². The van der Waals surface area contributed by atoms with Crippen molar-refractivity contribution in [1.82, 2.24) is 5.32 Å². The second-order valence-corrected chi connectivity index (χ2v) is 9.87. The maximum Gasteiger partial charge on any atom is 0.282 e. The van der Waals surface area contributed by atoms with Crippen molar-refractivity contribution in [2.75, 3.05) is 4.90 Å². The number of imide groups is 1. The number of hydrogen-bond acceptors (Lipinski definition) is 4. The first-order chi connectivity index (χ1) is 14.9. The highest BCUT2D eigenvalue weighted by atomic mass is 32.2. The van der Waals surface area contributed by atoms with Gasteiger partial charge in [-0.15, -0.1) is 0 Å². The molecule has 1 aliphatic heterocycles. The first kappa shape index (κ1) is 21.7. The number of nitrogens with one attached hydrogen (secondary N) is 1. The maximum absolute atomic E-state index is 13.4. The van der Waals surface area contributed by atoms with Gasteiger partial charge in [-0.1, -0.05) is 74.7 Å². The van der Waals surface area contributed by atoms with Crippen LogP contribution in [0.3, 0.4) is 0 Å². The molecule has 0 aromatic heterocycles. The number of thioether (sulfide) groups is 1. The third-order valence-electron chi connectivity index (χ3n) is 6.05. The summed E-state index contributed by atoms with van der Waals surface area (Å²) in [6, 6.07) is 16.1. The average molecular weight is 435 g/mol. The molecule has 0 bridgehead atoms. The standard InChI is InChI=1S/C26H30N2O2S/c1-17(2)19-11-13-21(14-12-19)28-25(29)23(27-20-7-5-4-6-8-20)24(26(28)30)31-22-15-9-18(3)10-16-22/h9-17,20,27H,4-8H2,1-3H3. The summed E-state index contributed by atoms with van der Waals surface area (Å²) in [5.41, 5.74) is 3.43. The Bertz CT molecular complexity index is 987. The number of hydrogen-bond donors (Lipinski definition) is 1. The Morgan fingerprint density at radius 3 is 2.16 bits per heavy atom. The zero-order chi connectivity index (χ0) is 22.0. The van der Waals surface area contributed by atoms with Crippen LogP contribution in [0.4, 0.5) is 5.69 Å². The molecule has 2 aliphatic rings. The Morgan fingerprint density at radius 2 is 1.55 bits per heavy atom. The Morgan fingerprint density at radius 1 is 0.903 bits per heavy atom. The Labute approximate surface area is 189 Å². The topological polar surface area (TPSA) is 49.4 Å². The molecule has 0 atom stereocenters. The Balaban J connectivity index is 1.65. The summed E-state index contributed by atoms with van der Waals surface area (Å²) in [7, 11) is 0. The number of aryl methyl sites for hydroxylation is 1. The van der Waals surface area contributed by atoms with Crippen molar-refractivity contribution in [2.24, 2.45) is 0 Å². The third-order valence-corrected chi connectivity index (χ3v) is 7.14. The summed E-state index contributed by atoms with van der Waals surface area (Å²) >= 11 is 1.38. The molecule has 0 radical (unpaired) electrons. The number of nitrogens with zero attached hydrogens (tertiary/aromatic N) is 1. The van der Waals surface area contributed by atoms with Gasteiger partial charge in [0.05, 0.1) is 5.69 Å². The lowest BCUT2D eigenvalue weighted by Crippen LogP contribution is -2.37. The monoisotopic (exact) mass is 434 g/mol. The summed E-state index contributed by atoms with van der Waals surface area (Å²) in [5.74, 6) is -0.0954. The molecule has 4 rings (SSSR count). The van der Waals surface area contributed by atoms with Crippen LogP contribution in [0.25, 0.3) is 0 Å². The molecule has 0 unspecified atom stereocenters. The molecular formula is C26H30N2O2S. The van der Waals surface area contributed by atoms with E-state index in [2.05, 4.69) is 19.2 Å². The zero-order valence-corrected chi connectivity index (χ0v) is 19.3. The van der Waals surface area contributed by atoms with Crippen molar-refractivity contribution in [3.8, 4) is 0 Å². The molecular weight excluding hydrogens is 404 g/mol. The van der Waals surface area contributed by atoms with Crippen molar-refractivity contribution in [3.63, 3.8) is 0 Å². The van der Waals surface area contributed by atoms with Crippen LogP contribution < -0.4 is 10.2 Å². The van der Waals surface area contributed by atoms with E-state index in [1.165, 1.54) is 34.2 Å². The molecule has 162 valence electrons. The maximum atomic E-state index is 13.4. The SMILES string of the molecule is Cc1ccc(SC2=C(NC3CCCCC3)C(=O)N(c3ccc(C(C)C)cc3)C2=O)cc1. The van der Waals surface area contributed by atoms with Crippen molar-refractivity contribution < 1.29 is 9.59 Å². The van der Waals surface area contributed by atoms with Crippen LogP contribution >= 0.6 is 11.8 Å². The van der Waals surface area contributed by atoms with E-state index >= 15 is 0 Å². The molecule has 2 aromatic rings. The highest BCUT2D eigenvalue weighted by molar-refractivity contribution is 8.04. The normalized spacial score (nSPS) is 17.7. The van der Waals surface area contributed by atoms with Gasteiger partial charge in [-0.05, 0) is 55.5 Å². The molecule has 1 saturated carbocycles. The highest BCUT2D eigenvalue weighted by Gasteiger charge is 2.41. The van der Waals surface area contributed by atoms with Crippen molar-refractivity contribution in [3.05, 3.63) is 70.3 Å². The van der Waals surface area contributed by atoms with Gasteiger partial charge >= 0.3 is 0 Å². The van der Waals surface area contributed by atoms with E-state index in [-0.39, 0.29) is 17.9 Å². The van der Waals surface area contributed by atoms with Crippen molar-refractivity contribution >= 4 is 29.3 Å². The van der Waals surface area contributed by atoms with E-state index in [1.54, 1.807) is 0 Å². The number of amides is 2. The minimum Gasteiger partial charge on any atom is -0.377 e. The first-order valence-corrected chi connectivity index (χ1v) is 12.0. The van der Waals surface area contributed by atoms with Crippen LogP contribution in [-0.2, 0) is 9.59 Å². The van der Waals surface area contributed by atoms with Gasteiger partial charge in [-0.25, -0.2) is 4.90 Å². The molecule has 0 saturated heterocycles. The number of rotatable bonds is 6. The van der Waals surface area contributed by atoms with Crippen LogP contribution in [0.1, 0.15) is 63.0 Å². The van der Waals surface area contributed by atoms with Gasteiger partial charge in [0.1, 0.15) is 10.6 Å². The summed E-state index contributed by atoms with van der Waals surface area (Å²) in [4.78, 5) is 29.7. The van der Waals surface area contributed by atoms with Gasteiger partial charge in [0, 0.05) is 10.9 Å². The highest BCUT2D eigenvalue weighted by Crippen LogP contribution is 2.37. The quantitative estimate of drug-likeness (QED) is 0.574. The van der Waals surface area contributed by atoms with Gasteiger partial charge in [0.25, 0.3) is 11.8 Å². The molecule has 1 fully saturated rings. The molecule has 1 aliphatic carbocycles. The second kappa shape index (κ2) is 9.31. The molecule has 4 nitrogen and oxygen atoms in total. The first-order valence-electron chi connectivity index (χ1n) is 11.2. The summed E-state index contributed by atoms with van der Waals surface area (Å²) in [6.45, 7) is 6.30. The predicted molar refractivity (Wildman–Crippen MR) is 127 cm³/mol. The number of carbonyl (C=O) groups excluding carboxylic acids is 2. The summed E-state index contributed by atoms with van der Waals surface area (Å²) in [6.07, 6.45) is 5.64. The summed E-state index contributed by atoms with van der Waals surface area (Å²) < 4.78 is 0. The number of anilines is 1. The fourth-order valence-electron chi connectivity index (χ4n) is 4.15. The van der Waals surface area contributed by atoms with E-state index in [4.69, 9.17) is 0 Å². The van der Waals surface area contributed by atoms with Crippen LogP contribution in [-0.4, -0.2) is 17.9 Å². The molecule has 0 spiro atoms.